The fourth-order valence-electron chi connectivity index (χ4n) is 2.34. The fraction of sp³-hybridized carbons (Fsp3) is 0.400. The molecule has 1 aliphatic rings. The highest BCUT2D eigenvalue weighted by molar-refractivity contribution is 5.80. The third kappa shape index (κ3) is 1.62. The van der Waals surface area contributed by atoms with E-state index in [0.717, 1.165) is 29.2 Å². The number of benzene rings is 1. The van der Waals surface area contributed by atoms with Crippen LogP contribution in [0, 0.1) is 6.92 Å². The molecule has 1 aliphatic heterocycles. The van der Waals surface area contributed by atoms with E-state index in [4.69, 9.17) is 4.52 Å². The van der Waals surface area contributed by atoms with Crippen LogP contribution in [0.25, 0.3) is 11.3 Å². The fourth-order valence-corrected chi connectivity index (χ4v) is 2.34. The topological polar surface area (TPSA) is 38.1 Å². The molecule has 2 heterocycles. The first kappa shape index (κ1) is 11.3. The molecule has 0 saturated carbocycles. The summed E-state index contributed by atoms with van der Waals surface area (Å²) in [6.07, 6.45) is 0. The third-order valence-corrected chi connectivity index (χ3v) is 3.57. The van der Waals surface area contributed by atoms with Gasteiger partial charge in [0.1, 0.15) is 0 Å². The largest absolute Gasteiger partial charge is 0.380 e. The van der Waals surface area contributed by atoms with E-state index in [1.807, 2.05) is 6.92 Å². The van der Waals surface area contributed by atoms with E-state index >= 15 is 0 Å². The first-order chi connectivity index (χ1) is 8.47. The van der Waals surface area contributed by atoms with Crippen molar-refractivity contribution in [2.45, 2.75) is 39.7 Å². The van der Waals surface area contributed by atoms with Gasteiger partial charge in [-0.1, -0.05) is 32.0 Å². The highest BCUT2D eigenvalue weighted by atomic mass is 16.5. The molecule has 0 aliphatic carbocycles. The Bertz CT molecular complexity index is 605. The molecule has 0 unspecified atom stereocenters. The number of aromatic nitrogens is 1. The zero-order valence-electron chi connectivity index (χ0n) is 11.3. The maximum atomic E-state index is 5.49. The summed E-state index contributed by atoms with van der Waals surface area (Å²) in [7, 11) is 0. The van der Waals surface area contributed by atoms with Gasteiger partial charge in [-0.05, 0) is 30.0 Å². The highest BCUT2D eigenvalue weighted by Gasteiger charge is 2.24. The molecule has 0 bridgehead atoms. The molecule has 3 rings (SSSR count). The lowest BCUT2D eigenvalue weighted by Gasteiger charge is -2.23. The molecular weight excluding hydrogens is 224 g/mol. The summed E-state index contributed by atoms with van der Waals surface area (Å²) in [6.45, 7) is 9.45. The van der Waals surface area contributed by atoms with Crippen LogP contribution in [0.3, 0.4) is 0 Å². The van der Waals surface area contributed by atoms with Gasteiger partial charge in [0.25, 0.3) is 0 Å². The molecule has 18 heavy (non-hydrogen) atoms. The monoisotopic (exact) mass is 242 g/mol. The molecule has 94 valence electrons. The van der Waals surface area contributed by atoms with Crippen molar-refractivity contribution >= 4 is 5.69 Å². The summed E-state index contributed by atoms with van der Waals surface area (Å²) >= 11 is 0. The second kappa shape index (κ2) is 3.61. The second-order valence-corrected chi connectivity index (χ2v) is 5.94. The lowest BCUT2D eigenvalue weighted by Crippen LogP contribution is -2.13. The van der Waals surface area contributed by atoms with Crippen molar-refractivity contribution in [3.8, 4) is 11.3 Å². The number of aryl methyl sites for hydroxylation is 1. The van der Waals surface area contributed by atoms with Gasteiger partial charge in [-0.15, -0.1) is 0 Å². The van der Waals surface area contributed by atoms with Crippen molar-refractivity contribution in [1.82, 2.24) is 5.16 Å². The van der Waals surface area contributed by atoms with Crippen LogP contribution in [0.4, 0.5) is 5.69 Å². The van der Waals surface area contributed by atoms with Crippen molar-refractivity contribution in [2.75, 3.05) is 5.32 Å². The minimum Gasteiger partial charge on any atom is -0.380 e. The Morgan fingerprint density at radius 2 is 2.06 bits per heavy atom. The maximum absolute atomic E-state index is 5.49. The van der Waals surface area contributed by atoms with Crippen LogP contribution >= 0.6 is 0 Å². The van der Waals surface area contributed by atoms with Crippen molar-refractivity contribution in [3.05, 3.63) is 35.0 Å². The Morgan fingerprint density at radius 1 is 1.28 bits per heavy atom. The molecule has 0 amide bonds. The van der Waals surface area contributed by atoms with Gasteiger partial charge in [0.2, 0.25) is 0 Å². The van der Waals surface area contributed by atoms with Crippen molar-refractivity contribution in [1.29, 1.82) is 0 Å². The van der Waals surface area contributed by atoms with E-state index < -0.39 is 0 Å². The summed E-state index contributed by atoms with van der Waals surface area (Å²) in [5.41, 5.74) is 5.86. The predicted molar refractivity (Wildman–Crippen MR) is 72.7 cm³/mol. The van der Waals surface area contributed by atoms with Crippen molar-refractivity contribution in [3.63, 3.8) is 0 Å². The van der Waals surface area contributed by atoms with Crippen LogP contribution in [0.1, 0.15) is 37.6 Å². The lowest BCUT2D eigenvalue weighted by molar-refractivity contribution is 0.426. The summed E-state index contributed by atoms with van der Waals surface area (Å²) in [5, 5.41) is 7.50. The van der Waals surface area contributed by atoms with Gasteiger partial charge in [-0.2, -0.15) is 0 Å². The summed E-state index contributed by atoms with van der Waals surface area (Å²) in [4.78, 5) is 0. The molecule has 0 radical (unpaired) electrons. The SMILES string of the molecule is Cc1noc2c1CNc1ccc(C(C)(C)C)cc1-2. The predicted octanol–water partition coefficient (Wildman–Crippen LogP) is 3.87. The van der Waals surface area contributed by atoms with Gasteiger partial charge in [0, 0.05) is 23.4 Å². The number of hydrogen-bond acceptors (Lipinski definition) is 3. The van der Waals surface area contributed by atoms with Crippen LogP contribution in [-0.4, -0.2) is 5.16 Å². The Balaban J connectivity index is 2.19. The molecule has 2 aromatic rings. The maximum Gasteiger partial charge on any atom is 0.174 e. The lowest BCUT2D eigenvalue weighted by atomic mass is 9.85. The number of hydrogen-bond donors (Lipinski definition) is 1. The van der Waals surface area contributed by atoms with E-state index in [1.54, 1.807) is 0 Å². The van der Waals surface area contributed by atoms with E-state index in [9.17, 15) is 0 Å². The summed E-state index contributed by atoms with van der Waals surface area (Å²) < 4.78 is 5.49. The zero-order valence-corrected chi connectivity index (χ0v) is 11.3. The average molecular weight is 242 g/mol. The molecule has 1 N–H and O–H groups in total. The standard InChI is InChI=1S/C15H18N2O/c1-9-12-8-16-13-6-5-10(15(2,3)4)7-11(13)14(12)18-17-9/h5-7,16H,8H2,1-4H3. The van der Waals surface area contributed by atoms with Crippen LogP contribution in [0.2, 0.25) is 0 Å². The van der Waals surface area contributed by atoms with Crippen molar-refractivity contribution in [2.24, 2.45) is 0 Å². The molecule has 1 aromatic heterocycles. The molecule has 0 saturated heterocycles. The van der Waals surface area contributed by atoms with Gasteiger partial charge in [-0.3, -0.25) is 0 Å². The van der Waals surface area contributed by atoms with Gasteiger partial charge in [0.15, 0.2) is 5.76 Å². The number of nitrogens with zero attached hydrogens (tertiary/aromatic N) is 1. The van der Waals surface area contributed by atoms with Crippen LogP contribution in [0.5, 0.6) is 0 Å². The van der Waals surface area contributed by atoms with Gasteiger partial charge in [0.05, 0.1) is 5.69 Å². The van der Waals surface area contributed by atoms with E-state index in [2.05, 4.69) is 49.4 Å². The van der Waals surface area contributed by atoms with Crippen LogP contribution < -0.4 is 5.32 Å². The quantitative estimate of drug-likeness (QED) is 0.762. The van der Waals surface area contributed by atoms with Gasteiger partial charge >= 0.3 is 0 Å². The average Bonchev–Trinajstić information content (AvgIpc) is 2.70. The van der Waals surface area contributed by atoms with Crippen molar-refractivity contribution < 1.29 is 4.52 Å². The number of fused-ring (bicyclic) bond motifs is 3. The minimum absolute atomic E-state index is 0.141. The number of nitrogens with one attached hydrogen (secondary N) is 1. The minimum atomic E-state index is 0.141. The zero-order chi connectivity index (χ0) is 12.9. The molecule has 3 nitrogen and oxygen atoms in total. The smallest absolute Gasteiger partial charge is 0.174 e. The Labute approximate surface area is 107 Å². The third-order valence-electron chi connectivity index (χ3n) is 3.57. The Morgan fingerprint density at radius 3 is 2.78 bits per heavy atom. The van der Waals surface area contributed by atoms with E-state index in [1.165, 1.54) is 11.1 Å². The molecule has 1 aromatic carbocycles. The normalized spacial score (nSPS) is 13.8. The van der Waals surface area contributed by atoms with Crippen LogP contribution in [0.15, 0.2) is 22.7 Å². The van der Waals surface area contributed by atoms with E-state index in [-0.39, 0.29) is 5.41 Å². The Hall–Kier alpha value is -1.77. The molecule has 0 atom stereocenters. The van der Waals surface area contributed by atoms with Crippen LogP contribution in [-0.2, 0) is 12.0 Å². The summed E-state index contributed by atoms with van der Waals surface area (Å²) in [6, 6.07) is 6.53. The first-order valence-electron chi connectivity index (χ1n) is 6.31. The number of anilines is 1. The molecular formula is C15H18N2O. The molecule has 0 spiro atoms. The van der Waals surface area contributed by atoms with E-state index in [0.29, 0.717) is 0 Å². The molecule has 3 heteroatoms. The molecule has 0 fully saturated rings. The van der Waals surface area contributed by atoms with Gasteiger partial charge in [-0.25, -0.2) is 0 Å². The summed E-state index contributed by atoms with van der Waals surface area (Å²) in [5.74, 6) is 0.923. The Kier molecular flexibility index (Phi) is 2.27. The first-order valence-corrected chi connectivity index (χ1v) is 6.31. The second-order valence-electron chi connectivity index (χ2n) is 5.94. The van der Waals surface area contributed by atoms with Gasteiger partial charge < -0.3 is 9.84 Å². The number of rotatable bonds is 0. The highest BCUT2D eigenvalue weighted by Crippen LogP contribution is 2.39.